The van der Waals surface area contributed by atoms with Crippen LogP contribution in [0.2, 0.25) is 0 Å². The number of amides is 1. The number of carbonyl (C=O) groups excluding carboxylic acids is 1. The van der Waals surface area contributed by atoms with Crippen LogP contribution in [0.5, 0.6) is 0 Å². The van der Waals surface area contributed by atoms with Gasteiger partial charge in [0.25, 0.3) is 0 Å². The zero-order valence-electron chi connectivity index (χ0n) is 15.5. The maximum absolute atomic E-state index is 11.9. The molecule has 0 aromatic carbocycles. The summed E-state index contributed by atoms with van der Waals surface area (Å²) >= 11 is 0. The maximum atomic E-state index is 11.9. The van der Waals surface area contributed by atoms with Crippen LogP contribution >= 0.6 is 0 Å². The molecule has 0 atom stereocenters. The molecule has 1 fully saturated rings. The summed E-state index contributed by atoms with van der Waals surface area (Å²) in [6.45, 7) is 14.4. The fraction of sp³-hybridized carbons (Fsp3) is 0.875. The highest BCUT2D eigenvalue weighted by Gasteiger charge is 2.33. The van der Waals surface area contributed by atoms with E-state index in [0.717, 1.165) is 19.8 Å². The molecule has 1 amide bonds. The predicted octanol–water partition coefficient (Wildman–Crippen LogP) is 1.49. The first-order valence-corrected chi connectivity index (χ1v) is 7.98. The largest absolute Gasteiger partial charge is 0.444 e. The third-order valence-electron chi connectivity index (χ3n) is 3.34. The lowest BCUT2D eigenvalue weighted by Crippen LogP contribution is -2.56. The molecule has 1 heterocycles. The van der Waals surface area contributed by atoms with Gasteiger partial charge in [-0.2, -0.15) is 0 Å². The van der Waals surface area contributed by atoms with Gasteiger partial charge in [0.1, 0.15) is 5.60 Å². The topological polar surface area (TPSA) is 84.0 Å². The molecule has 134 valence electrons. The first kappa shape index (κ1) is 19.5. The molecule has 0 saturated carbocycles. The van der Waals surface area contributed by atoms with Crippen molar-refractivity contribution in [3.63, 3.8) is 0 Å². The predicted molar refractivity (Wildman–Crippen MR) is 91.7 cm³/mol. The zero-order valence-corrected chi connectivity index (χ0v) is 15.5. The fourth-order valence-corrected chi connectivity index (χ4v) is 2.00. The Morgan fingerprint density at radius 1 is 1.22 bits per heavy atom. The van der Waals surface area contributed by atoms with Gasteiger partial charge in [-0.25, -0.2) is 4.79 Å². The first-order valence-electron chi connectivity index (χ1n) is 7.98. The zero-order chi connectivity index (χ0) is 17.7. The lowest BCUT2D eigenvalue weighted by molar-refractivity contribution is -0.0971. The lowest BCUT2D eigenvalue weighted by atomic mass is 9.89. The van der Waals surface area contributed by atoms with Crippen LogP contribution in [0.4, 0.5) is 4.79 Å². The number of rotatable bonds is 5. The molecular formula is C16H32N4O3. The second-order valence-electron chi connectivity index (χ2n) is 8.09. The normalized spacial score (nSPS) is 18.0. The smallest absolute Gasteiger partial charge is 0.408 e. The Hall–Kier alpha value is -1.50. The quantitative estimate of drug-likeness (QED) is 0.526. The van der Waals surface area contributed by atoms with E-state index in [-0.39, 0.29) is 5.41 Å². The van der Waals surface area contributed by atoms with Gasteiger partial charge in [0.05, 0.1) is 18.8 Å². The van der Waals surface area contributed by atoms with Crippen molar-refractivity contribution >= 4 is 12.1 Å². The van der Waals surface area contributed by atoms with E-state index in [1.807, 2.05) is 34.6 Å². The summed E-state index contributed by atoms with van der Waals surface area (Å²) in [7, 11) is 1.73. The molecule has 0 aromatic rings. The monoisotopic (exact) mass is 328 g/mol. The van der Waals surface area contributed by atoms with Crippen molar-refractivity contribution in [2.24, 2.45) is 10.4 Å². The molecule has 0 aliphatic carbocycles. The Bertz CT molecular complexity index is 437. The van der Waals surface area contributed by atoms with Crippen LogP contribution in [0.25, 0.3) is 0 Å². The van der Waals surface area contributed by atoms with Crippen molar-refractivity contribution < 1.29 is 14.3 Å². The van der Waals surface area contributed by atoms with Crippen LogP contribution in [-0.4, -0.2) is 56.5 Å². The van der Waals surface area contributed by atoms with Crippen LogP contribution in [-0.2, 0) is 9.47 Å². The van der Waals surface area contributed by atoms with Crippen molar-refractivity contribution in [1.82, 2.24) is 16.0 Å². The number of guanidine groups is 1. The summed E-state index contributed by atoms with van der Waals surface area (Å²) in [6, 6.07) is 0. The molecule has 0 aromatic heterocycles. The Labute approximate surface area is 139 Å². The number of hydrogen-bond donors (Lipinski definition) is 3. The lowest BCUT2D eigenvalue weighted by Gasteiger charge is -2.38. The van der Waals surface area contributed by atoms with Crippen molar-refractivity contribution in [2.75, 3.05) is 33.4 Å². The van der Waals surface area contributed by atoms with E-state index in [2.05, 4.69) is 27.9 Å². The molecule has 0 radical (unpaired) electrons. The van der Waals surface area contributed by atoms with Crippen LogP contribution in [0, 0.1) is 5.41 Å². The maximum Gasteiger partial charge on any atom is 0.408 e. The summed E-state index contributed by atoms with van der Waals surface area (Å²) in [5.41, 5.74) is -0.809. The van der Waals surface area contributed by atoms with Gasteiger partial charge in [-0.3, -0.25) is 4.99 Å². The van der Waals surface area contributed by atoms with Crippen molar-refractivity contribution in [3.8, 4) is 0 Å². The molecule has 0 unspecified atom stereocenters. The van der Waals surface area contributed by atoms with E-state index >= 15 is 0 Å². The number of carbonyl (C=O) groups is 1. The molecular weight excluding hydrogens is 296 g/mol. The average molecular weight is 328 g/mol. The van der Waals surface area contributed by atoms with Gasteiger partial charge in [0.15, 0.2) is 5.96 Å². The van der Waals surface area contributed by atoms with Crippen LogP contribution < -0.4 is 16.0 Å². The van der Waals surface area contributed by atoms with Crippen LogP contribution in [0.3, 0.4) is 0 Å². The van der Waals surface area contributed by atoms with Crippen LogP contribution in [0.15, 0.2) is 4.99 Å². The number of nitrogens with one attached hydrogen (secondary N) is 3. The molecule has 0 bridgehead atoms. The second-order valence-corrected chi connectivity index (χ2v) is 8.09. The van der Waals surface area contributed by atoms with Gasteiger partial charge in [0.2, 0.25) is 0 Å². The van der Waals surface area contributed by atoms with E-state index in [9.17, 15) is 4.79 Å². The molecule has 3 N–H and O–H groups in total. The van der Waals surface area contributed by atoms with E-state index in [4.69, 9.17) is 9.47 Å². The number of hydrogen-bond acceptors (Lipinski definition) is 4. The van der Waals surface area contributed by atoms with Crippen molar-refractivity contribution in [2.45, 2.75) is 52.7 Å². The second kappa shape index (κ2) is 7.38. The van der Waals surface area contributed by atoms with Gasteiger partial charge in [-0.15, -0.1) is 0 Å². The molecule has 1 aliphatic rings. The molecule has 1 rings (SSSR count). The number of aliphatic imine (C=N–C) groups is 1. The summed E-state index contributed by atoms with van der Waals surface area (Å²) in [6.07, 6.45) is -0.425. The third kappa shape index (κ3) is 7.54. The third-order valence-corrected chi connectivity index (χ3v) is 3.34. The van der Waals surface area contributed by atoms with E-state index in [1.165, 1.54) is 0 Å². The Morgan fingerprint density at radius 3 is 2.26 bits per heavy atom. The minimum Gasteiger partial charge on any atom is -0.444 e. The van der Waals surface area contributed by atoms with Gasteiger partial charge in [-0.05, 0) is 34.6 Å². The fourth-order valence-electron chi connectivity index (χ4n) is 2.00. The summed E-state index contributed by atoms with van der Waals surface area (Å²) in [5.74, 6) is 0.706. The van der Waals surface area contributed by atoms with Crippen molar-refractivity contribution in [3.05, 3.63) is 0 Å². The SMILES string of the molecule is CN=C(NCC1(C)COC1)NCC(C)(C)NC(=O)OC(C)(C)C. The van der Waals surface area contributed by atoms with E-state index in [1.54, 1.807) is 7.05 Å². The molecule has 7 heteroatoms. The molecule has 1 saturated heterocycles. The number of alkyl carbamates (subject to hydrolysis) is 1. The standard InChI is InChI=1S/C16H32N4O3/c1-14(2,3)23-13(21)20-15(4,5)8-18-12(17-7)19-9-16(6)10-22-11-16/h8-11H2,1-7H3,(H,20,21)(H2,17,18,19). The number of ether oxygens (including phenoxy) is 2. The van der Waals surface area contributed by atoms with Crippen molar-refractivity contribution in [1.29, 1.82) is 0 Å². The van der Waals surface area contributed by atoms with Gasteiger partial charge in [0, 0.05) is 25.6 Å². The highest BCUT2D eigenvalue weighted by Crippen LogP contribution is 2.24. The summed E-state index contributed by atoms with van der Waals surface area (Å²) in [4.78, 5) is 16.1. The van der Waals surface area contributed by atoms with E-state index in [0.29, 0.717) is 12.5 Å². The highest BCUT2D eigenvalue weighted by atomic mass is 16.6. The minimum absolute atomic E-state index is 0.169. The molecule has 1 aliphatic heterocycles. The van der Waals surface area contributed by atoms with E-state index < -0.39 is 17.2 Å². The van der Waals surface area contributed by atoms with Crippen LogP contribution in [0.1, 0.15) is 41.5 Å². The number of nitrogens with zero attached hydrogens (tertiary/aromatic N) is 1. The Balaban J connectivity index is 2.39. The Morgan fingerprint density at radius 2 is 1.83 bits per heavy atom. The Kier molecular flexibility index (Phi) is 6.27. The molecule has 0 spiro atoms. The van der Waals surface area contributed by atoms with Gasteiger partial charge in [-0.1, -0.05) is 6.92 Å². The summed E-state index contributed by atoms with van der Waals surface area (Å²) in [5, 5.41) is 9.38. The first-order chi connectivity index (χ1) is 10.4. The van der Waals surface area contributed by atoms with Gasteiger partial charge < -0.3 is 25.4 Å². The minimum atomic E-state index is -0.508. The van der Waals surface area contributed by atoms with Gasteiger partial charge >= 0.3 is 6.09 Å². The molecule has 7 nitrogen and oxygen atoms in total. The summed E-state index contributed by atoms with van der Waals surface area (Å²) < 4.78 is 10.5. The highest BCUT2D eigenvalue weighted by molar-refractivity contribution is 5.80. The molecule has 23 heavy (non-hydrogen) atoms. The average Bonchev–Trinajstić information content (AvgIpc) is 2.33.